The minimum atomic E-state index is -0.759. The zero-order chi connectivity index (χ0) is 24.1. The molecule has 0 atom stereocenters. The van der Waals surface area contributed by atoms with Gasteiger partial charge in [0.05, 0.1) is 38.0 Å². The fourth-order valence-corrected chi connectivity index (χ4v) is 3.10. The van der Waals surface area contributed by atoms with Crippen LogP contribution in [0.1, 0.15) is 17.0 Å². The molecule has 0 saturated heterocycles. The second-order valence-electron chi connectivity index (χ2n) is 6.78. The lowest BCUT2D eigenvalue weighted by atomic mass is 10.2. The third-order valence-electron chi connectivity index (χ3n) is 4.43. The second-order valence-corrected chi connectivity index (χ2v) is 7.57. The fraction of sp³-hybridized carbons (Fsp3) is 0.150. The Kier molecular flexibility index (Phi) is 7.13. The summed E-state index contributed by atoms with van der Waals surface area (Å²) in [6.45, 7) is 3.65. The maximum atomic E-state index is 12.1. The number of hydrazone groups is 1. The third kappa shape index (κ3) is 5.77. The number of benzene rings is 2. The number of nitrogens with one attached hydrogen (secondary N) is 1. The first kappa shape index (κ1) is 23.5. The van der Waals surface area contributed by atoms with Crippen molar-refractivity contribution in [2.24, 2.45) is 5.10 Å². The lowest BCUT2D eigenvalue weighted by molar-refractivity contribution is -0.394. The molecular weight excluding hydrogens is 500 g/mol. The minimum absolute atomic E-state index is 0.0113. The number of non-ortho nitro benzene ring substituents is 1. The molecule has 33 heavy (non-hydrogen) atoms. The summed E-state index contributed by atoms with van der Waals surface area (Å²) < 4.78 is 7.94. The van der Waals surface area contributed by atoms with Gasteiger partial charge in [0.25, 0.3) is 11.6 Å². The zero-order valence-corrected chi connectivity index (χ0v) is 19.0. The number of amides is 1. The predicted molar refractivity (Wildman–Crippen MR) is 121 cm³/mol. The first-order valence-corrected chi connectivity index (χ1v) is 10.2. The Morgan fingerprint density at radius 3 is 2.61 bits per heavy atom. The van der Waals surface area contributed by atoms with Crippen LogP contribution in [0.3, 0.4) is 0 Å². The van der Waals surface area contributed by atoms with Gasteiger partial charge in [-0.1, -0.05) is 12.1 Å². The van der Waals surface area contributed by atoms with E-state index in [2.05, 4.69) is 31.6 Å². The van der Waals surface area contributed by atoms with Gasteiger partial charge in [-0.15, -0.1) is 0 Å². The average Bonchev–Trinajstić information content (AvgIpc) is 3.00. The molecule has 0 aliphatic rings. The van der Waals surface area contributed by atoms with Gasteiger partial charge >= 0.3 is 5.69 Å². The summed E-state index contributed by atoms with van der Waals surface area (Å²) >= 11 is 3.40. The summed E-state index contributed by atoms with van der Waals surface area (Å²) in [5.74, 6) is -0.281. The topological polar surface area (TPSA) is 155 Å². The Bertz CT molecular complexity index is 1270. The SMILES string of the molecule is Cc1nn(CC(=O)N/N=C/c2cccc(Oc3ccc([N+](=O)[O-])cc3[N+](=O)[O-])c2)c(C)c1Br. The molecule has 1 amide bonds. The number of carbonyl (C=O) groups excluding carboxylic acids is 1. The number of aromatic nitrogens is 2. The third-order valence-corrected chi connectivity index (χ3v) is 5.57. The number of nitro groups is 2. The van der Waals surface area contributed by atoms with E-state index in [4.69, 9.17) is 4.74 Å². The molecule has 1 aromatic heterocycles. The highest BCUT2D eigenvalue weighted by molar-refractivity contribution is 9.10. The first-order valence-electron chi connectivity index (χ1n) is 9.38. The van der Waals surface area contributed by atoms with E-state index in [1.54, 1.807) is 28.9 Å². The average molecular weight is 517 g/mol. The van der Waals surface area contributed by atoms with Crippen molar-refractivity contribution in [3.8, 4) is 11.5 Å². The molecule has 2 aromatic carbocycles. The van der Waals surface area contributed by atoms with Crippen LogP contribution < -0.4 is 10.2 Å². The van der Waals surface area contributed by atoms with Crippen LogP contribution in [0.5, 0.6) is 11.5 Å². The number of nitro benzene ring substituents is 2. The number of hydrogen-bond acceptors (Lipinski definition) is 8. The Labute approximate surface area is 195 Å². The highest BCUT2D eigenvalue weighted by Crippen LogP contribution is 2.34. The van der Waals surface area contributed by atoms with Gasteiger partial charge in [-0.2, -0.15) is 10.2 Å². The molecule has 3 rings (SSSR count). The molecule has 0 spiro atoms. The number of halogens is 1. The lowest BCUT2D eigenvalue weighted by Crippen LogP contribution is -2.24. The van der Waals surface area contributed by atoms with Crippen molar-refractivity contribution in [2.75, 3.05) is 0 Å². The number of hydrogen-bond donors (Lipinski definition) is 1. The predicted octanol–water partition coefficient (Wildman–Crippen LogP) is 4.02. The van der Waals surface area contributed by atoms with Crippen LogP contribution >= 0.6 is 15.9 Å². The Morgan fingerprint density at radius 1 is 1.21 bits per heavy atom. The van der Waals surface area contributed by atoms with Crippen molar-refractivity contribution in [3.63, 3.8) is 0 Å². The lowest BCUT2D eigenvalue weighted by Gasteiger charge is -2.07. The van der Waals surface area contributed by atoms with Crippen LogP contribution in [0.25, 0.3) is 0 Å². The van der Waals surface area contributed by atoms with E-state index in [0.717, 1.165) is 34.1 Å². The molecule has 0 aliphatic carbocycles. The fourth-order valence-electron chi connectivity index (χ4n) is 2.81. The van der Waals surface area contributed by atoms with Gasteiger partial charge in [0.1, 0.15) is 12.3 Å². The quantitative estimate of drug-likeness (QED) is 0.269. The summed E-state index contributed by atoms with van der Waals surface area (Å²) in [6.07, 6.45) is 1.38. The van der Waals surface area contributed by atoms with Gasteiger partial charge in [-0.25, -0.2) is 5.43 Å². The molecule has 0 fully saturated rings. The Hall–Kier alpha value is -4.13. The van der Waals surface area contributed by atoms with Crippen LogP contribution in [-0.4, -0.2) is 31.7 Å². The van der Waals surface area contributed by atoms with Gasteiger partial charge in [0.15, 0.2) is 0 Å². The first-order chi connectivity index (χ1) is 15.7. The Balaban J connectivity index is 1.68. The molecule has 13 heteroatoms. The molecule has 3 aromatic rings. The summed E-state index contributed by atoms with van der Waals surface area (Å²) in [5, 5.41) is 30.3. The molecule has 0 radical (unpaired) electrons. The molecular formula is C20H17BrN6O6. The maximum absolute atomic E-state index is 12.1. The number of carbonyl (C=O) groups is 1. The number of rotatable bonds is 8. The number of aryl methyl sites for hydroxylation is 1. The van der Waals surface area contributed by atoms with Crippen molar-refractivity contribution in [1.29, 1.82) is 0 Å². The van der Waals surface area contributed by atoms with Crippen LogP contribution in [-0.2, 0) is 11.3 Å². The summed E-state index contributed by atoms with van der Waals surface area (Å²) in [6, 6.07) is 9.52. The van der Waals surface area contributed by atoms with Crippen LogP contribution in [0.4, 0.5) is 11.4 Å². The van der Waals surface area contributed by atoms with Crippen LogP contribution in [0.15, 0.2) is 52.0 Å². The van der Waals surface area contributed by atoms with E-state index in [0.29, 0.717) is 5.56 Å². The normalized spacial score (nSPS) is 10.9. The van der Waals surface area contributed by atoms with Crippen LogP contribution in [0, 0.1) is 34.1 Å². The Morgan fingerprint density at radius 2 is 1.97 bits per heavy atom. The highest BCUT2D eigenvalue weighted by Gasteiger charge is 2.21. The second kappa shape index (κ2) is 9.99. The smallest absolute Gasteiger partial charge is 0.318 e. The molecule has 1 N–H and O–H groups in total. The van der Waals surface area contributed by atoms with Gasteiger partial charge in [-0.05, 0) is 53.5 Å². The van der Waals surface area contributed by atoms with E-state index in [1.807, 2.05) is 13.8 Å². The molecule has 170 valence electrons. The van der Waals surface area contributed by atoms with Crippen molar-refractivity contribution < 1.29 is 19.4 Å². The molecule has 1 heterocycles. The van der Waals surface area contributed by atoms with Gasteiger partial charge in [0, 0.05) is 6.07 Å². The van der Waals surface area contributed by atoms with Crippen molar-refractivity contribution >= 4 is 39.4 Å². The van der Waals surface area contributed by atoms with E-state index in [9.17, 15) is 25.0 Å². The molecule has 0 unspecified atom stereocenters. The van der Waals surface area contributed by atoms with Gasteiger partial charge in [-0.3, -0.25) is 29.7 Å². The molecule has 0 aliphatic heterocycles. The zero-order valence-electron chi connectivity index (χ0n) is 17.4. The molecule has 0 bridgehead atoms. The summed E-state index contributed by atoms with van der Waals surface area (Å²) in [7, 11) is 0. The molecule has 12 nitrogen and oxygen atoms in total. The summed E-state index contributed by atoms with van der Waals surface area (Å²) in [4.78, 5) is 32.8. The number of ether oxygens (including phenoxy) is 1. The van der Waals surface area contributed by atoms with Crippen LogP contribution in [0.2, 0.25) is 0 Å². The molecule has 0 saturated carbocycles. The van der Waals surface area contributed by atoms with Crippen molar-refractivity contribution in [1.82, 2.24) is 15.2 Å². The monoisotopic (exact) mass is 516 g/mol. The van der Waals surface area contributed by atoms with E-state index < -0.39 is 21.2 Å². The summed E-state index contributed by atoms with van der Waals surface area (Å²) in [5.41, 5.74) is 3.59. The highest BCUT2D eigenvalue weighted by atomic mass is 79.9. The van der Waals surface area contributed by atoms with Crippen molar-refractivity contribution in [3.05, 3.63) is 84.1 Å². The largest absolute Gasteiger partial charge is 0.450 e. The standard InChI is InChI=1S/C20H17BrN6O6/c1-12-20(21)13(2)25(24-12)11-19(28)23-22-10-14-4-3-5-16(8-14)33-18-7-6-15(26(29)30)9-17(18)27(31)32/h3-10H,11H2,1-2H3,(H,23,28)/b22-10+. The van der Waals surface area contributed by atoms with E-state index >= 15 is 0 Å². The van der Waals surface area contributed by atoms with E-state index in [-0.39, 0.29) is 24.0 Å². The number of nitrogens with zero attached hydrogens (tertiary/aromatic N) is 5. The minimum Gasteiger partial charge on any atom is -0.450 e. The van der Waals surface area contributed by atoms with Crippen molar-refractivity contribution in [2.45, 2.75) is 20.4 Å². The maximum Gasteiger partial charge on any atom is 0.318 e. The van der Waals surface area contributed by atoms with E-state index in [1.165, 1.54) is 6.21 Å². The van der Waals surface area contributed by atoms with Gasteiger partial charge in [0.2, 0.25) is 5.75 Å². The van der Waals surface area contributed by atoms with Gasteiger partial charge < -0.3 is 4.74 Å².